The second kappa shape index (κ2) is 2.57. The van der Waals surface area contributed by atoms with Crippen molar-refractivity contribution in [2.24, 2.45) is 9.98 Å². The fourth-order valence-electron chi connectivity index (χ4n) is 0.548. The van der Waals surface area contributed by atoms with E-state index in [1.54, 1.807) is 0 Å². The summed E-state index contributed by atoms with van der Waals surface area (Å²) in [4.78, 5) is 8.18. The van der Waals surface area contributed by atoms with Gasteiger partial charge in [0.15, 0.2) is 3.84 Å². The maximum absolute atomic E-state index is 4.19. The quantitative estimate of drug-likeness (QED) is 0.439. The first-order valence-electron chi connectivity index (χ1n) is 2.55. The maximum atomic E-state index is 4.19. The standard InChI is InChI=1S/C5H7IN2/c1-4-2-3-7-5(6)8-4/h3-4H,2H2,1H3. The molecule has 0 saturated heterocycles. The lowest BCUT2D eigenvalue weighted by Gasteiger charge is -2.04. The van der Waals surface area contributed by atoms with Crippen LogP contribution in [0.5, 0.6) is 0 Å². The minimum atomic E-state index is 0.444. The smallest absolute Gasteiger partial charge is 0.186 e. The molecule has 1 atom stereocenters. The van der Waals surface area contributed by atoms with Crippen LogP contribution in [-0.4, -0.2) is 16.1 Å². The molecular formula is C5H7IN2. The fourth-order valence-corrected chi connectivity index (χ4v) is 1.22. The number of rotatable bonds is 0. The molecule has 1 aliphatic heterocycles. The lowest BCUT2D eigenvalue weighted by Crippen LogP contribution is -2.05. The average molecular weight is 222 g/mol. The molecule has 0 saturated carbocycles. The lowest BCUT2D eigenvalue weighted by atomic mass is 10.2. The van der Waals surface area contributed by atoms with E-state index >= 15 is 0 Å². The highest BCUT2D eigenvalue weighted by molar-refractivity contribution is 14.1. The van der Waals surface area contributed by atoms with E-state index in [9.17, 15) is 0 Å². The van der Waals surface area contributed by atoms with Crippen molar-refractivity contribution in [3.8, 4) is 0 Å². The number of aliphatic imine (C=N–C) groups is 2. The summed E-state index contributed by atoms with van der Waals surface area (Å²) < 4.78 is 0.876. The van der Waals surface area contributed by atoms with Gasteiger partial charge in [-0.1, -0.05) is 0 Å². The molecule has 0 N–H and O–H groups in total. The summed E-state index contributed by atoms with van der Waals surface area (Å²) >= 11 is 2.12. The summed E-state index contributed by atoms with van der Waals surface area (Å²) in [5.41, 5.74) is 0. The van der Waals surface area contributed by atoms with Gasteiger partial charge < -0.3 is 0 Å². The van der Waals surface area contributed by atoms with Crippen LogP contribution in [0.2, 0.25) is 0 Å². The van der Waals surface area contributed by atoms with Gasteiger partial charge in [0.25, 0.3) is 0 Å². The van der Waals surface area contributed by atoms with Crippen molar-refractivity contribution in [2.75, 3.05) is 0 Å². The van der Waals surface area contributed by atoms with E-state index in [0.717, 1.165) is 10.3 Å². The Bertz CT molecular complexity index is 139. The Labute approximate surface area is 62.2 Å². The molecule has 0 amide bonds. The summed E-state index contributed by atoms with van der Waals surface area (Å²) in [5.74, 6) is 0. The highest BCUT2D eigenvalue weighted by Gasteiger charge is 2.01. The van der Waals surface area contributed by atoms with E-state index in [-0.39, 0.29) is 0 Å². The summed E-state index contributed by atoms with van der Waals surface area (Å²) in [6, 6.07) is 0.444. The van der Waals surface area contributed by atoms with Crippen LogP contribution in [0.3, 0.4) is 0 Å². The van der Waals surface area contributed by atoms with Crippen molar-refractivity contribution in [3.63, 3.8) is 0 Å². The van der Waals surface area contributed by atoms with Crippen LogP contribution in [0.1, 0.15) is 13.3 Å². The highest BCUT2D eigenvalue weighted by Crippen LogP contribution is 2.05. The molecule has 0 fully saturated rings. The van der Waals surface area contributed by atoms with Crippen LogP contribution in [0.25, 0.3) is 0 Å². The van der Waals surface area contributed by atoms with E-state index in [1.165, 1.54) is 0 Å². The van der Waals surface area contributed by atoms with Crippen LogP contribution in [-0.2, 0) is 0 Å². The van der Waals surface area contributed by atoms with E-state index < -0.39 is 0 Å². The Hall–Kier alpha value is 0.0700. The molecule has 0 aromatic rings. The van der Waals surface area contributed by atoms with Crippen molar-refractivity contribution in [1.82, 2.24) is 0 Å². The summed E-state index contributed by atoms with van der Waals surface area (Å²) in [5, 5.41) is 0. The largest absolute Gasteiger partial charge is 0.258 e. The van der Waals surface area contributed by atoms with Gasteiger partial charge in [-0.15, -0.1) is 0 Å². The van der Waals surface area contributed by atoms with Crippen LogP contribution in [0.4, 0.5) is 0 Å². The van der Waals surface area contributed by atoms with Crippen molar-refractivity contribution in [1.29, 1.82) is 0 Å². The Morgan fingerprint density at radius 2 is 2.62 bits per heavy atom. The van der Waals surface area contributed by atoms with E-state index in [2.05, 4.69) is 39.5 Å². The molecule has 0 radical (unpaired) electrons. The first-order valence-corrected chi connectivity index (χ1v) is 3.63. The first-order chi connectivity index (χ1) is 3.79. The van der Waals surface area contributed by atoms with Gasteiger partial charge in [-0.25, -0.2) is 4.99 Å². The molecule has 0 bridgehead atoms. The molecule has 0 aromatic carbocycles. The molecule has 0 spiro atoms. The molecule has 1 rings (SSSR count). The van der Waals surface area contributed by atoms with E-state index in [4.69, 9.17) is 0 Å². The van der Waals surface area contributed by atoms with Gasteiger partial charge in [-0.3, -0.25) is 4.99 Å². The third kappa shape index (κ3) is 1.54. The van der Waals surface area contributed by atoms with Crippen molar-refractivity contribution < 1.29 is 0 Å². The Morgan fingerprint density at radius 3 is 3.00 bits per heavy atom. The van der Waals surface area contributed by atoms with E-state index in [0.29, 0.717) is 6.04 Å². The number of hydrogen-bond acceptors (Lipinski definition) is 2. The van der Waals surface area contributed by atoms with E-state index in [1.807, 2.05) is 6.21 Å². The Kier molecular flexibility index (Phi) is 1.99. The molecule has 1 heterocycles. The summed E-state index contributed by atoms with van der Waals surface area (Å²) in [7, 11) is 0. The minimum Gasteiger partial charge on any atom is -0.258 e. The monoisotopic (exact) mass is 222 g/mol. The van der Waals surface area contributed by atoms with Crippen LogP contribution >= 0.6 is 22.6 Å². The fraction of sp³-hybridized carbons (Fsp3) is 0.600. The number of hydrogen-bond donors (Lipinski definition) is 0. The minimum absolute atomic E-state index is 0.444. The van der Waals surface area contributed by atoms with Gasteiger partial charge in [0.05, 0.1) is 6.04 Å². The second-order valence-corrected chi connectivity index (χ2v) is 2.76. The predicted molar refractivity (Wildman–Crippen MR) is 44.0 cm³/mol. The molecule has 0 aliphatic carbocycles. The molecule has 3 heteroatoms. The predicted octanol–water partition coefficient (Wildman–Crippen LogP) is 1.64. The SMILES string of the molecule is CC1CC=NC(I)=N1. The summed E-state index contributed by atoms with van der Waals surface area (Å²) in [6.07, 6.45) is 2.91. The van der Waals surface area contributed by atoms with Gasteiger partial charge >= 0.3 is 0 Å². The maximum Gasteiger partial charge on any atom is 0.186 e. The Balaban J connectivity index is 2.63. The average Bonchev–Trinajstić information content (AvgIpc) is 1.64. The zero-order valence-corrected chi connectivity index (χ0v) is 6.79. The molecule has 8 heavy (non-hydrogen) atoms. The first kappa shape index (κ1) is 6.19. The van der Waals surface area contributed by atoms with Gasteiger partial charge in [0, 0.05) is 35.2 Å². The van der Waals surface area contributed by atoms with Gasteiger partial charge in [-0.05, 0) is 6.92 Å². The zero-order valence-electron chi connectivity index (χ0n) is 4.63. The normalized spacial score (nSPS) is 27.8. The number of halogens is 1. The third-order valence-corrected chi connectivity index (χ3v) is 1.53. The molecule has 44 valence electrons. The summed E-state index contributed by atoms with van der Waals surface area (Å²) in [6.45, 7) is 2.09. The lowest BCUT2D eigenvalue weighted by molar-refractivity contribution is 0.782. The second-order valence-electron chi connectivity index (χ2n) is 1.79. The van der Waals surface area contributed by atoms with Gasteiger partial charge in [0.2, 0.25) is 0 Å². The molecular weight excluding hydrogens is 215 g/mol. The molecule has 2 nitrogen and oxygen atoms in total. The van der Waals surface area contributed by atoms with Crippen molar-refractivity contribution in [3.05, 3.63) is 0 Å². The Morgan fingerprint density at radius 1 is 1.88 bits per heavy atom. The third-order valence-electron chi connectivity index (χ3n) is 0.971. The van der Waals surface area contributed by atoms with Gasteiger partial charge in [-0.2, -0.15) is 0 Å². The van der Waals surface area contributed by atoms with Crippen LogP contribution in [0.15, 0.2) is 9.98 Å². The molecule has 0 aromatic heterocycles. The number of nitrogens with zero attached hydrogens (tertiary/aromatic N) is 2. The van der Waals surface area contributed by atoms with Crippen LogP contribution in [0, 0.1) is 0 Å². The number of amidine groups is 1. The van der Waals surface area contributed by atoms with Crippen LogP contribution < -0.4 is 0 Å². The molecule has 1 unspecified atom stereocenters. The molecule has 1 aliphatic rings. The van der Waals surface area contributed by atoms with Crippen molar-refractivity contribution >= 4 is 32.6 Å². The van der Waals surface area contributed by atoms with Gasteiger partial charge in [0.1, 0.15) is 0 Å². The van der Waals surface area contributed by atoms with Crippen molar-refractivity contribution in [2.45, 2.75) is 19.4 Å². The highest BCUT2D eigenvalue weighted by atomic mass is 127. The topological polar surface area (TPSA) is 24.7 Å². The zero-order chi connectivity index (χ0) is 5.98.